The van der Waals surface area contributed by atoms with Crippen LogP contribution in [0.25, 0.3) is 0 Å². The molecule has 4 heteroatoms. The summed E-state index contributed by atoms with van der Waals surface area (Å²) >= 11 is 2.87. The molecule has 0 unspecified atom stereocenters. The van der Waals surface area contributed by atoms with E-state index in [1.54, 1.807) is 0 Å². The van der Waals surface area contributed by atoms with Gasteiger partial charge in [-0.05, 0) is 15.9 Å². The molecule has 0 aliphatic heterocycles. The van der Waals surface area contributed by atoms with Crippen LogP contribution in [0.1, 0.15) is 0 Å². The van der Waals surface area contributed by atoms with E-state index in [-0.39, 0.29) is 21.7 Å². The molecule has 0 saturated carbocycles. The minimum Gasteiger partial charge on any atom is -0.507 e. The standard InChI is InChI=1S/C6H4BrO3/c7-6-4(9)1-3(8)2-5(6)10/h1,8-10H. The number of halogens is 1. The van der Waals surface area contributed by atoms with Gasteiger partial charge < -0.3 is 15.3 Å². The highest BCUT2D eigenvalue weighted by Gasteiger charge is 2.05. The van der Waals surface area contributed by atoms with Gasteiger partial charge in [0.05, 0.1) is 6.07 Å². The van der Waals surface area contributed by atoms with Crippen LogP contribution in [0.4, 0.5) is 0 Å². The zero-order chi connectivity index (χ0) is 7.72. The predicted octanol–water partition coefficient (Wildman–Crippen LogP) is 1.37. The van der Waals surface area contributed by atoms with Crippen LogP contribution in [-0.2, 0) is 0 Å². The van der Waals surface area contributed by atoms with Crippen LogP contribution in [0.3, 0.4) is 0 Å². The van der Waals surface area contributed by atoms with Crippen molar-refractivity contribution in [3.63, 3.8) is 0 Å². The quantitative estimate of drug-likeness (QED) is 0.597. The van der Waals surface area contributed by atoms with Crippen molar-refractivity contribution in [2.75, 3.05) is 0 Å². The SMILES string of the molecule is Oc1[c]c(O)c(Br)c(O)c1. The molecule has 0 heterocycles. The molecular formula is C6H4BrO3. The second kappa shape index (κ2) is 2.38. The van der Waals surface area contributed by atoms with E-state index in [4.69, 9.17) is 15.3 Å². The Kier molecular flexibility index (Phi) is 1.72. The van der Waals surface area contributed by atoms with E-state index < -0.39 is 0 Å². The Balaban J connectivity index is 3.31. The highest BCUT2D eigenvalue weighted by molar-refractivity contribution is 9.10. The smallest absolute Gasteiger partial charge is 0.145 e. The largest absolute Gasteiger partial charge is 0.507 e. The molecule has 0 amide bonds. The maximum atomic E-state index is 8.89. The second-order valence-electron chi connectivity index (χ2n) is 1.70. The van der Waals surface area contributed by atoms with Crippen LogP contribution < -0.4 is 0 Å². The summed E-state index contributed by atoms with van der Waals surface area (Å²) in [6, 6.07) is 3.26. The van der Waals surface area contributed by atoms with Crippen molar-refractivity contribution in [2.24, 2.45) is 0 Å². The van der Waals surface area contributed by atoms with Crippen LogP contribution in [0, 0.1) is 6.07 Å². The van der Waals surface area contributed by atoms with Gasteiger partial charge in [-0.25, -0.2) is 0 Å². The van der Waals surface area contributed by atoms with Crippen molar-refractivity contribution in [1.29, 1.82) is 0 Å². The summed E-state index contributed by atoms with van der Waals surface area (Å²) in [7, 11) is 0. The normalized spacial score (nSPS) is 9.70. The Bertz CT molecular complexity index is 236. The number of rotatable bonds is 0. The van der Waals surface area contributed by atoms with Gasteiger partial charge in [0.25, 0.3) is 0 Å². The van der Waals surface area contributed by atoms with E-state index in [9.17, 15) is 0 Å². The van der Waals surface area contributed by atoms with E-state index in [2.05, 4.69) is 22.0 Å². The molecule has 3 N–H and O–H groups in total. The topological polar surface area (TPSA) is 60.7 Å². The lowest BCUT2D eigenvalue weighted by atomic mass is 10.3. The Morgan fingerprint density at radius 2 is 1.90 bits per heavy atom. The molecule has 1 aromatic carbocycles. The van der Waals surface area contributed by atoms with Gasteiger partial charge in [0.15, 0.2) is 0 Å². The summed E-state index contributed by atoms with van der Waals surface area (Å²) in [5, 5.41) is 26.5. The van der Waals surface area contributed by atoms with Gasteiger partial charge in [-0.15, -0.1) is 0 Å². The molecule has 1 rings (SSSR count). The molecule has 0 fully saturated rings. The first-order valence-electron chi connectivity index (χ1n) is 2.44. The number of hydrogen-bond acceptors (Lipinski definition) is 3. The number of phenolic OH excluding ortho intramolecular Hbond substituents is 3. The Labute approximate surface area is 65.7 Å². The first-order valence-corrected chi connectivity index (χ1v) is 3.23. The lowest BCUT2D eigenvalue weighted by Crippen LogP contribution is -1.71. The van der Waals surface area contributed by atoms with E-state index >= 15 is 0 Å². The minimum atomic E-state index is -0.308. The van der Waals surface area contributed by atoms with Gasteiger partial charge in [-0.1, -0.05) is 0 Å². The lowest BCUT2D eigenvalue weighted by Gasteiger charge is -1.98. The predicted molar refractivity (Wildman–Crippen MR) is 38.0 cm³/mol. The average molecular weight is 204 g/mol. The van der Waals surface area contributed by atoms with E-state index in [0.29, 0.717) is 0 Å². The van der Waals surface area contributed by atoms with Gasteiger partial charge in [0.2, 0.25) is 0 Å². The Morgan fingerprint density at radius 1 is 1.30 bits per heavy atom. The first-order chi connectivity index (χ1) is 4.61. The molecule has 0 bridgehead atoms. The van der Waals surface area contributed by atoms with Crippen molar-refractivity contribution in [2.45, 2.75) is 0 Å². The zero-order valence-electron chi connectivity index (χ0n) is 4.80. The molecule has 0 saturated heterocycles. The number of phenols is 3. The molecule has 0 aliphatic rings. The molecule has 10 heavy (non-hydrogen) atoms. The van der Waals surface area contributed by atoms with Crippen LogP contribution in [0.15, 0.2) is 10.5 Å². The number of hydrogen-bond donors (Lipinski definition) is 3. The van der Waals surface area contributed by atoms with Crippen molar-refractivity contribution in [1.82, 2.24) is 0 Å². The molecule has 1 aromatic rings. The molecule has 53 valence electrons. The second-order valence-corrected chi connectivity index (χ2v) is 2.50. The Morgan fingerprint density at radius 3 is 2.40 bits per heavy atom. The van der Waals surface area contributed by atoms with E-state index in [1.165, 1.54) is 0 Å². The summed E-state index contributed by atoms with van der Waals surface area (Å²) in [5.74, 6) is -0.815. The van der Waals surface area contributed by atoms with Crippen molar-refractivity contribution < 1.29 is 15.3 Å². The summed E-state index contributed by atoms with van der Waals surface area (Å²) in [6.45, 7) is 0. The maximum Gasteiger partial charge on any atom is 0.145 e. The minimum absolute atomic E-state index is 0.130. The molecule has 3 nitrogen and oxygen atoms in total. The first kappa shape index (κ1) is 7.21. The molecule has 0 aliphatic carbocycles. The summed E-state index contributed by atoms with van der Waals surface area (Å²) in [6.07, 6.45) is 0. The molecule has 0 spiro atoms. The summed E-state index contributed by atoms with van der Waals surface area (Å²) in [5.41, 5.74) is 0. The molecule has 0 aromatic heterocycles. The van der Waals surface area contributed by atoms with Crippen LogP contribution in [-0.4, -0.2) is 15.3 Å². The fourth-order valence-corrected chi connectivity index (χ4v) is 0.740. The van der Waals surface area contributed by atoms with Gasteiger partial charge in [-0.3, -0.25) is 0 Å². The van der Waals surface area contributed by atoms with E-state index in [0.717, 1.165) is 6.07 Å². The van der Waals surface area contributed by atoms with Crippen LogP contribution in [0.2, 0.25) is 0 Å². The third kappa shape index (κ3) is 1.16. The maximum absolute atomic E-state index is 8.89. The van der Waals surface area contributed by atoms with Gasteiger partial charge in [0.1, 0.15) is 21.7 Å². The van der Waals surface area contributed by atoms with Gasteiger partial charge in [-0.2, -0.15) is 0 Å². The highest BCUT2D eigenvalue weighted by atomic mass is 79.9. The monoisotopic (exact) mass is 203 g/mol. The Hall–Kier alpha value is -0.900. The molecule has 1 radical (unpaired) electrons. The van der Waals surface area contributed by atoms with Gasteiger partial charge >= 0.3 is 0 Å². The van der Waals surface area contributed by atoms with Gasteiger partial charge in [0, 0.05) is 6.07 Å². The zero-order valence-corrected chi connectivity index (χ0v) is 6.38. The molecule has 0 atom stereocenters. The average Bonchev–Trinajstić information content (AvgIpc) is 1.82. The summed E-state index contributed by atoms with van der Waals surface area (Å²) in [4.78, 5) is 0. The summed E-state index contributed by atoms with van der Waals surface area (Å²) < 4.78 is 0.130. The third-order valence-electron chi connectivity index (χ3n) is 0.953. The number of aromatic hydroxyl groups is 3. The van der Waals surface area contributed by atoms with E-state index in [1.807, 2.05) is 0 Å². The van der Waals surface area contributed by atoms with Crippen molar-refractivity contribution in [3.8, 4) is 17.2 Å². The third-order valence-corrected chi connectivity index (χ3v) is 1.73. The number of benzene rings is 1. The van der Waals surface area contributed by atoms with Crippen molar-refractivity contribution >= 4 is 15.9 Å². The highest BCUT2D eigenvalue weighted by Crippen LogP contribution is 2.35. The molecular weight excluding hydrogens is 200 g/mol. The fourth-order valence-electron chi connectivity index (χ4n) is 0.526. The van der Waals surface area contributed by atoms with Crippen LogP contribution >= 0.6 is 15.9 Å². The lowest BCUT2D eigenvalue weighted by molar-refractivity contribution is 0.422. The fraction of sp³-hybridized carbons (Fsp3) is 0. The van der Waals surface area contributed by atoms with Crippen molar-refractivity contribution in [3.05, 3.63) is 16.6 Å². The van der Waals surface area contributed by atoms with Crippen LogP contribution in [0.5, 0.6) is 17.2 Å².